The van der Waals surface area contributed by atoms with Gasteiger partial charge in [-0.3, -0.25) is 4.79 Å². The molecule has 10 heavy (non-hydrogen) atoms. The van der Waals surface area contributed by atoms with E-state index in [-0.39, 0.29) is 5.57 Å². The first-order valence-corrected chi connectivity index (χ1v) is 2.82. The smallest absolute Gasteiger partial charge is 0.324 e. The van der Waals surface area contributed by atoms with E-state index >= 15 is 0 Å². The van der Waals surface area contributed by atoms with Crippen LogP contribution in [0.3, 0.4) is 0 Å². The van der Waals surface area contributed by atoms with Crippen LogP contribution < -0.4 is 5.73 Å². The second kappa shape index (κ2) is 3.34. The predicted octanol–water partition coefficient (Wildman–Crippen LogP) is -0.665. The Kier molecular flexibility index (Phi) is 3.05. The van der Waals surface area contributed by atoms with Crippen LogP contribution in [0, 0.1) is 0 Å². The molecule has 0 saturated carbocycles. The Morgan fingerprint density at radius 2 is 2.10 bits per heavy atom. The lowest BCUT2D eigenvalue weighted by Crippen LogP contribution is -2.35. The summed E-state index contributed by atoms with van der Waals surface area (Å²) >= 11 is 0. The molecule has 0 fully saturated rings. The van der Waals surface area contributed by atoms with Gasteiger partial charge in [-0.1, -0.05) is 6.58 Å². The molecule has 0 aliphatic heterocycles. The molecule has 0 rings (SSSR count). The Bertz CT molecular complexity index is 153. The first kappa shape index (κ1) is 9.13. The fourth-order valence-corrected chi connectivity index (χ4v) is 0.418. The van der Waals surface area contributed by atoms with Crippen molar-refractivity contribution in [3.8, 4) is 0 Å². The zero-order valence-corrected chi connectivity index (χ0v) is 5.74. The zero-order chi connectivity index (χ0) is 8.31. The highest BCUT2D eigenvalue weighted by molar-refractivity contribution is 5.77. The normalized spacial score (nSPS) is 15.9. The molecule has 0 aliphatic rings. The molecule has 0 bridgehead atoms. The van der Waals surface area contributed by atoms with E-state index in [0.29, 0.717) is 0 Å². The second-order valence-electron chi connectivity index (χ2n) is 2.07. The van der Waals surface area contributed by atoms with Gasteiger partial charge < -0.3 is 15.9 Å². The minimum atomic E-state index is -1.18. The van der Waals surface area contributed by atoms with Crippen LogP contribution in [-0.2, 0) is 4.79 Å². The third kappa shape index (κ3) is 2.16. The average Bonchev–Trinajstić information content (AvgIpc) is 1.84. The van der Waals surface area contributed by atoms with E-state index in [1.54, 1.807) is 0 Å². The van der Waals surface area contributed by atoms with Crippen molar-refractivity contribution in [3.05, 3.63) is 12.2 Å². The summed E-state index contributed by atoms with van der Waals surface area (Å²) in [6.07, 6.45) is -0.869. The highest BCUT2D eigenvalue weighted by Crippen LogP contribution is 2.02. The molecule has 0 heterocycles. The lowest BCUT2D eigenvalue weighted by Gasteiger charge is -2.11. The SMILES string of the molecule is C=C(C(C)O)[C@H](N)C(=O)O. The molecule has 0 saturated heterocycles. The number of aliphatic hydroxyl groups is 1. The standard InChI is InChI=1S/C6H11NO3/c1-3(4(2)8)5(7)6(9)10/h4-5,8H,1,7H2,2H3,(H,9,10)/t4?,5-/m0/s1. The number of carbonyl (C=O) groups is 1. The fourth-order valence-electron chi connectivity index (χ4n) is 0.418. The number of rotatable bonds is 3. The van der Waals surface area contributed by atoms with E-state index in [1.165, 1.54) is 6.92 Å². The summed E-state index contributed by atoms with van der Waals surface area (Å²) in [5, 5.41) is 17.1. The van der Waals surface area contributed by atoms with Gasteiger partial charge in [0.1, 0.15) is 6.04 Å². The van der Waals surface area contributed by atoms with Crippen molar-refractivity contribution in [1.82, 2.24) is 0 Å². The molecule has 0 aromatic carbocycles. The minimum absolute atomic E-state index is 0.118. The molecule has 4 nitrogen and oxygen atoms in total. The summed E-state index contributed by atoms with van der Waals surface area (Å²) in [4.78, 5) is 10.1. The maximum Gasteiger partial charge on any atom is 0.324 e. The van der Waals surface area contributed by atoms with Crippen molar-refractivity contribution < 1.29 is 15.0 Å². The van der Waals surface area contributed by atoms with Gasteiger partial charge in [-0.2, -0.15) is 0 Å². The van der Waals surface area contributed by atoms with Gasteiger partial charge in [0.15, 0.2) is 0 Å². The lowest BCUT2D eigenvalue weighted by atomic mass is 10.1. The summed E-state index contributed by atoms with van der Waals surface area (Å²) in [6, 6.07) is -1.17. The first-order chi connectivity index (χ1) is 4.46. The molecule has 0 aromatic heterocycles. The molecular weight excluding hydrogens is 134 g/mol. The van der Waals surface area contributed by atoms with Crippen LogP contribution in [0.25, 0.3) is 0 Å². The third-order valence-corrected chi connectivity index (χ3v) is 1.20. The molecule has 0 aliphatic carbocycles. The molecule has 4 heteroatoms. The number of aliphatic carboxylic acids is 1. The van der Waals surface area contributed by atoms with Crippen molar-refractivity contribution in [3.63, 3.8) is 0 Å². The molecular formula is C6H11NO3. The quantitative estimate of drug-likeness (QED) is 0.460. The first-order valence-electron chi connectivity index (χ1n) is 2.82. The highest BCUT2D eigenvalue weighted by atomic mass is 16.4. The van der Waals surface area contributed by atoms with Crippen molar-refractivity contribution in [2.45, 2.75) is 19.1 Å². The van der Waals surface area contributed by atoms with E-state index in [4.69, 9.17) is 15.9 Å². The van der Waals surface area contributed by atoms with E-state index < -0.39 is 18.1 Å². The summed E-state index contributed by atoms with van der Waals surface area (Å²) in [5.74, 6) is -1.18. The molecule has 58 valence electrons. The van der Waals surface area contributed by atoms with Gasteiger partial charge in [0.25, 0.3) is 0 Å². The number of nitrogens with two attached hydrogens (primary N) is 1. The van der Waals surface area contributed by atoms with Gasteiger partial charge in [-0.05, 0) is 12.5 Å². The molecule has 2 atom stereocenters. The van der Waals surface area contributed by atoms with Crippen LogP contribution in [0.2, 0.25) is 0 Å². The van der Waals surface area contributed by atoms with Crippen LogP contribution in [0.1, 0.15) is 6.92 Å². The second-order valence-corrected chi connectivity index (χ2v) is 2.07. The Labute approximate surface area is 59.0 Å². The Balaban J connectivity index is 4.08. The number of carboxylic acid groups (broad SMARTS) is 1. The molecule has 4 N–H and O–H groups in total. The monoisotopic (exact) mass is 145 g/mol. The van der Waals surface area contributed by atoms with Crippen LogP contribution in [-0.4, -0.2) is 28.3 Å². The van der Waals surface area contributed by atoms with Gasteiger partial charge in [0.2, 0.25) is 0 Å². The van der Waals surface area contributed by atoms with Crippen LogP contribution in [0.4, 0.5) is 0 Å². The molecule has 0 radical (unpaired) electrons. The van der Waals surface area contributed by atoms with Gasteiger partial charge in [0.05, 0.1) is 6.10 Å². The largest absolute Gasteiger partial charge is 0.480 e. The fraction of sp³-hybridized carbons (Fsp3) is 0.500. The van der Waals surface area contributed by atoms with Gasteiger partial charge in [-0.25, -0.2) is 0 Å². The molecule has 0 aromatic rings. The van der Waals surface area contributed by atoms with E-state index in [0.717, 1.165) is 0 Å². The number of carboxylic acids is 1. The van der Waals surface area contributed by atoms with Crippen LogP contribution >= 0.6 is 0 Å². The Hall–Kier alpha value is -0.870. The van der Waals surface area contributed by atoms with E-state index in [1.807, 2.05) is 0 Å². The minimum Gasteiger partial charge on any atom is -0.480 e. The summed E-state index contributed by atoms with van der Waals surface area (Å²) in [6.45, 7) is 4.74. The van der Waals surface area contributed by atoms with Crippen molar-refractivity contribution >= 4 is 5.97 Å². The topological polar surface area (TPSA) is 83.5 Å². The number of hydrogen-bond acceptors (Lipinski definition) is 3. The molecule has 0 amide bonds. The summed E-state index contributed by atoms with van der Waals surface area (Å²) in [5.41, 5.74) is 5.22. The Morgan fingerprint density at radius 1 is 1.70 bits per heavy atom. The summed E-state index contributed by atoms with van der Waals surface area (Å²) in [7, 11) is 0. The summed E-state index contributed by atoms with van der Waals surface area (Å²) < 4.78 is 0. The van der Waals surface area contributed by atoms with Crippen LogP contribution in [0.5, 0.6) is 0 Å². The van der Waals surface area contributed by atoms with E-state index in [2.05, 4.69) is 6.58 Å². The average molecular weight is 145 g/mol. The highest BCUT2D eigenvalue weighted by Gasteiger charge is 2.18. The zero-order valence-electron chi connectivity index (χ0n) is 5.74. The Morgan fingerprint density at radius 3 is 2.20 bits per heavy atom. The maximum absolute atomic E-state index is 10.1. The van der Waals surface area contributed by atoms with E-state index in [9.17, 15) is 4.79 Å². The van der Waals surface area contributed by atoms with Crippen molar-refractivity contribution in [1.29, 1.82) is 0 Å². The van der Waals surface area contributed by atoms with Gasteiger partial charge >= 0.3 is 5.97 Å². The lowest BCUT2D eigenvalue weighted by molar-refractivity contribution is -0.137. The van der Waals surface area contributed by atoms with Gasteiger partial charge in [-0.15, -0.1) is 0 Å². The van der Waals surface area contributed by atoms with Crippen molar-refractivity contribution in [2.75, 3.05) is 0 Å². The van der Waals surface area contributed by atoms with Crippen molar-refractivity contribution in [2.24, 2.45) is 5.73 Å². The molecule has 1 unspecified atom stereocenters. The predicted molar refractivity (Wildman–Crippen MR) is 36.4 cm³/mol. The number of aliphatic hydroxyl groups excluding tert-OH is 1. The third-order valence-electron chi connectivity index (χ3n) is 1.20. The van der Waals surface area contributed by atoms with Gasteiger partial charge in [0, 0.05) is 0 Å². The maximum atomic E-state index is 10.1. The number of hydrogen-bond donors (Lipinski definition) is 3. The van der Waals surface area contributed by atoms with Crippen LogP contribution in [0.15, 0.2) is 12.2 Å². The molecule has 0 spiro atoms.